The third-order valence-electron chi connectivity index (χ3n) is 8.77. The minimum atomic E-state index is -4.18. The van der Waals surface area contributed by atoms with Crippen molar-refractivity contribution in [3.63, 3.8) is 0 Å². The van der Waals surface area contributed by atoms with Crippen molar-refractivity contribution < 1.29 is 17.9 Å². The first-order chi connectivity index (χ1) is 23.1. The summed E-state index contributed by atoms with van der Waals surface area (Å²) >= 11 is 0. The van der Waals surface area contributed by atoms with Crippen LogP contribution in [0.4, 0.5) is 5.95 Å². The lowest BCUT2D eigenvalue weighted by Crippen LogP contribution is -2.45. The van der Waals surface area contributed by atoms with Crippen LogP contribution in [0.5, 0.6) is 5.88 Å². The van der Waals surface area contributed by atoms with E-state index in [0.717, 1.165) is 33.5 Å². The summed E-state index contributed by atoms with van der Waals surface area (Å²) < 4.78 is 38.4. The Morgan fingerprint density at radius 2 is 1.71 bits per heavy atom. The smallest absolute Gasteiger partial charge is 0.264 e. The van der Waals surface area contributed by atoms with E-state index in [9.17, 15) is 13.2 Å². The number of carbonyl (C=O) groups excluding carboxylic acids is 1. The molecule has 0 radical (unpaired) electrons. The zero-order valence-corrected chi connectivity index (χ0v) is 30.1. The topological polar surface area (TPSA) is 132 Å². The van der Waals surface area contributed by atoms with Crippen LogP contribution in [-0.4, -0.2) is 56.4 Å². The Morgan fingerprint density at radius 3 is 2.41 bits per heavy atom. The highest BCUT2D eigenvalue weighted by molar-refractivity contribution is 7.92. The van der Waals surface area contributed by atoms with Crippen LogP contribution in [0.1, 0.15) is 79.8 Å². The Hall–Kier alpha value is -4.84. The molecule has 1 aliphatic heterocycles. The standard InChI is InChI=1S/C37H43N7O4S/c1-22(2)31-16-30-34(43(31)8)38-19-26(39-30)20-44-27(18-37(5,6)7)21-48-32-17-29(33-23(3)11-9-12-24(33)4)40-36(41-32)42-49(46,47)28-14-10-13-25(15-28)35(44)45/h9-17,19,22,27H,18,20-21H2,1-8H3,(H,40,41,42)/t27-/m1/s1. The normalized spacial score (nSPS) is 16.5. The molecular formula is C37H43N7O4S. The van der Waals surface area contributed by atoms with Crippen molar-refractivity contribution >= 4 is 33.0 Å². The van der Waals surface area contributed by atoms with Gasteiger partial charge in [-0.15, -0.1) is 0 Å². The van der Waals surface area contributed by atoms with E-state index in [2.05, 4.69) is 49.3 Å². The van der Waals surface area contributed by atoms with Crippen LogP contribution in [0.25, 0.3) is 22.4 Å². The van der Waals surface area contributed by atoms with Crippen LogP contribution in [-0.2, 0) is 23.6 Å². The molecule has 4 bridgehead atoms. The summed E-state index contributed by atoms with van der Waals surface area (Å²) in [5.41, 5.74) is 6.59. The number of fused-ring (bicyclic) bond motifs is 5. The van der Waals surface area contributed by atoms with Gasteiger partial charge >= 0.3 is 0 Å². The maximum atomic E-state index is 14.5. The van der Waals surface area contributed by atoms with Gasteiger partial charge in [-0.25, -0.2) is 28.1 Å². The Balaban J connectivity index is 1.49. The molecule has 0 aliphatic carbocycles. The zero-order valence-electron chi connectivity index (χ0n) is 29.3. The number of hydrogen-bond acceptors (Lipinski definition) is 8. The molecule has 2 aromatic carbocycles. The summed E-state index contributed by atoms with van der Waals surface area (Å²) in [6.07, 6.45) is 2.28. The average Bonchev–Trinajstić information content (AvgIpc) is 3.36. The number of aromatic nitrogens is 5. The third kappa shape index (κ3) is 7.15. The van der Waals surface area contributed by atoms with Crippen LogP contribution in [0.15, 0.2) is 65.7 Å². The number of rotatable bonds is 5. The molecule has 12 heteroatoms. The lowest BCUT2D eigenvalue weighted by Gasteiger charge is -2.35. The highest BCUT2D eigenvalue weighted by Crippen LogP contribution is 2.32. The first kappa shape index (κ1) is 34.0. The molecule has 1 N–H and O–H groups in total. The van der Waals surface area contributed by atoms with E-state index < -0.39 is 16.1 Å². The predicted octanol–water partition coefficient (Wildman–Crippen LogP) is 6.81. The molecule has 1 amide bonds. The van der Waals surface area contributed by atoms with Crippen molar-refractivity contribution in [3.8, 4) is 17.1 Å². The van der Waals surface area contributed by atoms with Crippen molar-refractivity contribution in [2.24, 2.45) is 12.5 Å². The first-order valence-electron chi connectivity index (χ1n) is 16.4. The van der Waals surface area contributed by atoms with Gasteiger partial charge in [-0.05, 0) is 67.0 Å². The van der Waals surface area contributed by atoms with E-state index in [1.807, 2.05) is 49.7 Å². The Bertz CT molecular complexity index is 2150. The minimum absolute atomic E-state index is 0.0832. The molecule has 1 atom stereocenters. The molecule has 11 nitrogen and oxygen atoms in total. The number of nitrogens with one attached hydrogen (secondary N) is 1. The number of hydrogen-bond donors (Lipinski definition) is 1. The maximum absolute atomic E-state index is 14.5. The van der Waals surface area contributed by atoms with Crippen LogP contribution in [0.3, 0.4) is 0 Å². The number of anilines is 1. The van der Waals surface area contributed by atoms with Gasteiger partial charge < -0.3 is 14.2 Å². The number of sulfonamides is 1. The van der Waals surface area contributed by atoms with Crippen molar-refractivity contribution in [2.75, 3.05) is 11.3 Å². The number of benzene rings is 2. The van der Waals surface area contributed by atoms with Crippen molar-refractivity contribution in [1.82, 2.24) is 29.4 Å². The summed E-state index contributed by atoms with van der Waals surface area (Å²) in [6.45, 7) is 14.8. The van der Waals surface area contributed by atoms with E-state index >= 15 is 0 Å². The SMILES string of the molecule is Cc1cccc(C)c1-c1cc2nc(n1)NS(=O)(=O)c1cccc(c1)C(=O)N(Cc1cnc3c(cc(C(C)C)n3C)n1)[C@H](CC(C)(C)C)CO2. The molecule has 6 rings (SSSR count). The van der Waals surface area contributed by atoms with Crippen molar-refractivity contribution in [2.45, 2.75) is 78.3 Å². The molecule has 0 unspecified atom stereocenters. The number of amides is 1. The summed E-state index contributed by atoms with van der Waals surface area (Å²) in [5, 5.41) is 0. The number of ether oxygens (including phenoxy) is 1. The quantitative estimate of drug-likeness (QED) is 0.214. The van der Waals surface area contributed by atoms with Gasteiger partial charge in [0.15, 0.2) is 5.65 Å². The molecule has 256 valence electrons. The minimum Gasteiger partial charge on any atom is -0.475 e. The zero-order chi connectivity index (χ0) is 35.2. The molecule has 1 aliphatic rings. The second-order valence-electron chi connectivity index (χ2n) is 14.3. The van der Waals surface area contributed by atoms with Crippen molar-refractivity contribution in [3.05, 3.63) is 88.9 Å². The fraction of sp³-hybridized carbons (Fsp3) is 0.378. The van der Waals surface area contributed by atoms with Crippen molar-refractivity contribution in [1.29, 1.82) is 0 Å². The van der Waals surface area contributed by atoms with Crippen LogP contribution < -0.4 is 9.46 Å². The van der Waals surface area contributed by atoms with E-state index in [-0.39, 0.29) is 52.7 Å². The maximum Gasteiger partial charge on any atom is 0.264 e. The van der Waals surface area contributed by atoms with E-state index in [1.165, 1.54) is 12.1 Å². The average molecular weight is 682 g/mol. The largest absolute Gasteiger partial charge is 0.475 e. The van der Waals surface area contributed by atoms with Gasteiger partial charge in [0.05, 0.1) is 35.1 Å². The lowest BCUT2D eigenvalue weighted by atomic mass is 9.87. The second kappa shape index (κ2) is 12.9. The Morgan fingerprint density at radius 1 is 1.00 bits per heavy atom. The monoisotopic (exact) mass is 681 g/mol. The third-order valence-corrected chi connectivity index (χ3v) is 10.1. The number of carbonyl (C=O) groups is 1. The second-order valence-corrected chi connectivity index (χ2v) is 16.0. The van der Waals surface area contributed by atoms with Gasteiger partial charge in [-0.2, -0.15) is 4.98 Å². The highest BCUT2D eigenvalue weighted by Gasteiger charge is 2.32. The van der Waals surface area contributed by atoms with E-state index in [0.29, 0.717) is 17.8 Å². The van der Waals surface area contributed by atoms with Crippen LogP contribution in [0, 0.1) is 19.3 Å². The molecular weight excluding hydrogens is 639 g/mol. The summed E-state index contributed by atoms with van der Waals surface area (Å²) in [5.74, 6) is 0.00644. The number of nitrogens with zero attached hydrogens (tertiary/aromatic N) is 6. The molecule has 0 saturated heterocycles. The number of aryl methyl sites for hydroxylation is 3. The Labute approximate surface area is 287 Å². The van der Waals surface area contributed by atoms with Gasteiger partial charge in [0.25, 0.3) is 15.9 Å². The lowest BCUT2D eigenvalue weighted by molar-refractivity contribution is 0.0509. The van der Waals surface area contributed by atoms with Crippen LogP contribution >= 0.6 is 0 Å². The fourth-order valence-electron chi connectivity index (χ4n) is 6.50. The molecule has 49 heavy (non-hydrogen) atoms. The molecule has 0 fully saturated rings. The molecule has 5 aromatic rings. The fourth-order valence-corrected chi connectivity index (χ4v) is 7.49. The van der Waals surface area contributed by atoms with Gasteiger partial charge in [0.2, 0.25) is 11.8 Å². The highest BCUT2D eigenvalue weighted by atomic mass is 32.2. The van der Waals surface area contributed by atoms with E-state index in [1.54, 1.807) is 29.3 Å². The van der Waals surface area contributed by atoms with E-state index in [4.69, 9.17) is 14.7 Å². The van der Waals surface area contributed by atoms with Gasteiger partial charge in [-0.1, -0.05) is 58.9 Å². The molecule has 4 heterocycles. The van der Waals surface area contributed by atoms with Gasteiger partial charge in [0, 0.05) is 29.9 Å². The summed E-state index contributed by atoms with van der Waals surface area (Å²) in [6, 6.07) is 15.3. The summed E-state index contributed by atoms with van der Waals surface area (Å²) in [7, 11) is -2.20. The molecule has 3 aromatic heterocycles. The first-order valence-corrected chi connectivity index (χ1v) is 17.9. The summed E-state index contributed by atoms with van der Waals surface area (Å²) in [4.78, 5) is 34.9. The van der Waals surface area contributed by atoms with Crippen LogP contribution in [0.2, 0.25) is 0 Å². The predicted molar refractivity (Wildman–Crippen MR) is 190 cm³/mol. The Kier molecular flexibility index (Phi) is 8.95. The molecule has 0 saturated carbocycles. The van der Waals surface area contributed by atoms with Gasteiger partial charge in [-0.3, -0.25) is 4.79 Å². The van der Waals surface area contributed by atoms with Gasteiger partial charge in [0.1, 0.15) is 12.1 Å². The molecule has 0 spiro atoms.